The average molecular weight is 168 g/mol. The number of para-hydroxylation sites is 1. The Morgan fingerprint density at radius 1 is 1.25 bits per heavy atom. The van der Waals surface area contributed by atoms with Gasteiger partial charge in [0.1, 0.15) is 5.75 Å². The quantitative estimate of drug-likeness (QED) is 0.269. The van der Waals surface area contributed by atoms with Gasteiger partial charge in [-0.15, -0.1) is 0 Å². The molecule has 0 unspecified atom stereocenters. The molecule has 64 valence electrons. The van der Waals surface area contributed by atoms with Crippen LogP contribution in [-0.2, 0) is 9.59 Å². The summed E-state index contributed by atoms with van der Waals surface area (Å²) in [4.78, 5) is 20.2. The van der Waals surface area contributed by atoms with Crippen molar-refractivity contribution in [1.82, 2.24) is 0 Å². The molecule has 1 aromatic carbocycles. The monoisotopic (exact) mass is 168 g/mol. The molecular formula is C8H8O4. The summed E-state index contributed by atoms with van der Waals surface area (Å²) in [7, 11) is 0. The Hall–Kier alpha value is -1.68. The summed E-state index contributed by atoms with van der Waals surface area (Å²) in [5.41, 5.74) is 0. The van der Waals surface area contributed by atoms with Crippen LogP contribution in [0.15, 0.2) is 30.3 Å². The van der Waals surface area contributed by atoms with E-state index in [4.69, 9.17) is 0 Å². The molecule has 4 heteroatoms. The van der Waals surface area contributed by atoms with Crippen LogP contribution in [0.1, 0.15) is 0 Å². The van der Waals surface area contributed by atoms with E-state index in [0.29, 0.717) is 5.75 Å². The second-order valence-electron chi connectivity index (χ2n) is 1.85. The van der Waals surface area contributed by atoms with Gasteiger partial charge in [-0.3, -0.25) is 4.79 Å². The first kappa shape index (κ1) is 10.3. The van der Waals surface area contributed by atoms with Gasteiger partial charge in [-0.2, -0.15) is 0 Å². The van der Waals surface area contributed by atoms with Crippen LogP contribution in [0.5, 0.6) is 5.75 Å². The number of hydrogen-bond acceptors (Lipinski definition) is 3. The maximum absolute atomic E-state index is 10.4. The smallest absolute Gasteiger partial charge is 0.376 e. The summed E-state index contributed by atoms with van der Waals surface area (Å²) in [6.45, 7) is 0. The van der Waals surface area contributed by atoms with Crippen molar-refractivity contribution in [3.63, 3.8) is 0 Å². The first-order valence-electron chi connectivity index (χ1n) is 3.05. The lowest BCUT2D eigenvalue weighted by Crippen LogP contribution is -2.07. The molecule has 0 saturated carbocycles. The Labute approximate surface area is 69.1 Å². The number of carbonyl (C=O) groups excluding carboxylic acids is 2. The zero-order valence-corrected chi connectivity index (χ0v) is 6.19. The van der Waals surface area contributed by atoms with Gasteiger partial charge in [-0.25, -0.2) is 4.79 Å². The van der Waals surface area contributed by atoms with Crippen LogP contribution in [0.2, 0.25) is 0 Å². The molecule has 1 aromatic rings. The molecule has 0 aromatic heterocycles. The Kier molecular flexibility index (Phi) is 4.33. The molecule has 0 aliphatic heterocycles. The van der Waals surface area contributed by atoms with Crippen molar-refractivity contribution < 1.29 is 19.8 Å². The van der Waals surface area contributed by atoms with Crippen molar-refractivity contribution in [2.45, 2.75) is 0 Å². The number of carbonyl (C=O) groups is 2. The van der Waals surface area contributed by atoms with E-state index in [1.807, 2.05) is 0 Å². The van der Waals surface area contributed by atoms with Gasteiger partial charge in [0.2, 0.25) is 6.29 Å². The maximum atomic E-state index is 10.4. The van der Waals surface area contributed by atoms with Gasteiger partial charge in [0.05, 0.1) is 0 Å². The Balaban J connectivity index is 0.00000121. The predicted octanol–water partition coefficient (Wildman–Crippen LogP) is -0.0338. The first-order chi connectivity index (χ1) is 5.33. The number of benzene rings is 1. The molecule has 0 aliphatic carbocycles. The van der Waals surface area contributed by atoms with E-state index in [0.717, 1.165) is 0 Å². The summed E-state index contributed by atoms with van der Waals surface area (Å²) in [5.74, 6) is -0.499. The molecular weight excluding hydrogens is 160 g/mol. The number of ether oxygens (including phenoxy) is 1. The van der Waals surface area contributed by atoms with Crippen LogP contribution in [0, 0.1) is 0 Å². The van der Waals surface area contributed by atoms with E-state index in [1.54, 1.807) is 30.3 Å². The Morgan fingerprint density at radius 2 is 1.83 bits per heavy atom. The van der Waals surface area contributed by atoms with Crippen LogP contribution in [0.4, 0.5) is 0 Å². The van der Waals surface area contributed by atoms with E-state index in [-0.39, 0.29) is 11.8 Å². The maximum Gasteiger partial charge on any atom is 0.376 e. The third kappa shape index (κ3) is 2.94. The van der Waals surface area contributed by atoms with Gasteiger partial charge in [-0.1, -0.05) is 18.2 Å². The first-order valence-corrected chi connectivity index (χ1v) is 3.05. The molecule has 0 aliphatic rings. The van der Waals surface area contributed by atoms with Gasteiger partial charge >= 0.3 is 5.97 Å². The Bertz CT molecular complexity index is 255. The summed E-state index contributed by atoms with van der Waals surface area (Å²) in [6.07, 6.45) is 0.132. The van der Waals surface area contributed by atoms with Crippen LogP contribution >= 0.6 is 0 Å². The summed E-state index contributed by atoms with van der Waals surface area (Å²) >= 11 is 0. The van der Waals surface area contributed by atoms with E-state index >= 15 is 0 Å². The molecule has 0 saturated heterocycles. The lowest BCUT2D eigenvalue weighted by atomic mass is 10.3. The highest BCUT2D eigenvalue weighted by Gasteiger charge is 1.99. The van der Waals surface area contributed by atoms with Gasteiger partial charge in [-0.05, 0) is 12.1 Å². The molecule has 2 N–H and O–H groups in total. The van der Waals surface area contributed by atoms with Crippen LogP contribution in [-0.4, -0.2) is 17.7 Å². The molecule has 12 heavy (non-hydrogen) atoms. The molecule has 1 rings (SSSR count). The molecule has 0 amide bonds. The molecule has 0 atom stereocenters. The third-order valence-electron chi connectivity index (χ3n) is 1.06. The summed E-state index contributed by atoms with van der Waals surface area (Å²) < 4.78 is 4.56. The minimum absolute atomic E-state index is 0. The van der Waals surface area contributed by atoms with Crippen molar-refractivity contribution >= 4 is 12.3 Å². The predicted molar refractivity (Wildman–Crippen MR) is 41.8 cm³/mol. The largest absolute Gasteiger partial charge is 0.421 e. The second-order valence-corrected chi connectivity index (χ2v) is 1.85. The minimum atomic E-state index is -0.879. The van der Waals surface area contributed by atoms with Crippen LogP contribution in [0.25, 0.3) is 0 Å². The van der Waals surface area contributed by atoms with Gasteiger partial charge in [0, 0.05) is 0 Å². The molecule has 0 spiro atoms. The number of aldehydes is 1. The molecule has 0 heterocycles. The van der Waals surface area contributed by atoms with Crippen LogP contribution in [0.3, 0.4) is 0 Å². The fourth-order valence-corrected chi connectivity index (χ4v) is 0.629. The van der Waals surface area contributed by atoms with Crippen molar-refractivity contribution in [3.8, 4) is 5.75 Å². The average Bonchev–Trinajstić information content (AvgIpc) is 2.06. The van der Waals surface area contributed by atoms with Crippen molar-refractivity contribution in [3.05, 3.63) is 30.3 Å². The Morgan fingerprint density at radius 3 is 2.33 bits per heavy atom. The molecule has 0 radical (unpaired) electrons. The zero-order valence-electron chi connectivity index (χ0n) is 6.19. The third-order valence-corrected chi connectivity index (χ3v) is 1.06. The summed E-state index contributed by atoms with van der Waals surface area (Å²) in [6, 6.07) is 8.42. The molecule has 0 fully saturated rings. The van der Waals surface area contributed by atoms with Crippen molar-refractivity contribution in [2.75, 3.05) is 0 Å². The highest BCUT2D eigenvalue weighted by molar-refractivity contribution is 6.21. The SMILES string of the molecule is O.O=CC(=O)Oc1ccccc1. The highest BCUT2D eigenvalue weighted by Crippen LogP contribution is 2.07. The van der Waals surface area contributed by atoms with Crippen LogP contribution < -0.4 is 4.74 Å². The standard InChI is InChI=1S/C8H6O3.H2O/c9-6-8(10)11-7-4-2-1-3-5-7;/h1-6H;1H2. The van der Waals surface area contributed by atoms with E-state index in [2.05, 4.69) is 4.74 Å². The zero-order chi connectivity index (χ0) is 8.10. The van der Waals surface area contributed by atoms with Gasteiger partial charge < -0.3 is 10.2 Å². The molecule has 0 bridgehead atoms. The fraction of sp³-hybridized carbons (Fsp3) is 0. The van der Waals surface area contributed by atoms with Crippen molar-refractivity contribution in [1.29, 1.82) is 0 Å². The lowest BCUT2D eigenvalue weighted by Gasteiger charge is -1.96. The fourth-order valence-electron chi connectivity index (χ4n) is 0.629. The summed E-state index contributed by atoms with van der Waals surface area (Å²) in [5, 5.41) is 0. The minimum Gasteiger partial charge on any atom is -0.421 e. The lowest BCUT2D eigenvalue weighted by molar-refractivity contribution is -0.141. The van der Waals surface area contributed by atoms with Gasteiger partial charge in [0.25, 0.3) is 0 Å². The van der Waals surface area contributed by atoms with E-state index < -0.39 is 5.97 Å². The molecule has 4 nitrogen and oxygen atoms in total. The van der Waals surface area contributed by atoms with E-state index in [1.165, 1.54) is 0 Å². The van der Waals surface area contributed by atoms with Crippen molar-refractivity contribution in [2.24, 2.45) is 0 Å². The van der Waals surface area contributed by atoms with Gasteiger partial charge in [0.15, 0.2) is 0 Å². The second kappa shape index (κ2) is 5.03. The normalized spacial score (nSPS) is 8.00. The number of esters is 1. The topological polar surface area (TPSA) is 74.9 Å². The number of hydrogen-bond donors (Lipinski definition) is 0. The number of rotatable bonds is 2. The highest BCUT2D eigenvalue weighted by atomic mass is 16.5. The van der Waals surface area contributed by atoms with E-state index in [9.17, 15) is 9.59 Å².